The van der Waals surface area contributed by atoms with Crippen molar-refractivity contribution in [3.05, 3.63) is 60.2 Å². The molecule has 33 heavy (non-hydrogen) atoms. The molecule has 0 aliphatic carbocycles. The Morgan fingerprint density at radius 1 is 1.09 bits per heavy atom. The van der Waals surface area contributed by atoms with E-state index in [2.05, 4.69) is 26.9 Å². The Balaban J connectivity index is 1.69. The van der Waals surface area contributed by atoms with Crippen LogP contribution in [0.2, 0.25) is 0 Å². The van der Waals surface area contributed by atoms with Gasteiger partial charge >= 0.3 is 0 Å². The van der Waals surface area contributed by atoms with Crippen LogP contribution in [0.1, 0.15) is 32.3 Å². The number of sulfonamides is 1. The zero-order valence-electron chi connectivity index (χ0n) is 19.1. The molecule has 2 heterocycles. The molecular weight excluding hydrogens is 456 g/mol. The topological polar surface area (TPSA) is 77.3 Å². The highest BCUT2D eigenvalue weighted by Gasteiger charge is 2.24. The van der Waals surface area contributed by atoms with Gasteiger partial charge in [0, 0.05) is 31.0 Å². The molecule has 2 aromatic carbocycles. The molecule has 0 spiro atoms. The summed E-state index contributed by atoms with van der Waals surface area (Å²) in [6.45, 7) is 5.97. The highest BCUT2D eigenvalue weighted by Crippen LogP contribution is 2.29. The third-order valence-electron chi connectivity index (χ3n) is 5.76. The maximum absolute atomic E-state index is 13.1. The summed E-state index contributed by atoms with van der Waals surface area (Å²) < 4.78 is 35.4. The molecule has 1 fully saturated rings. The second-order valence-electron chi connectivity index (χ2n) is 7.94. The fourth-order valence-corrected chi connectivity index (χ4v) is 6.48. The summed E-state index contributed by atoms with van der Waals surface area (Å²) in [4.78, 5) is 0.270. The van der Waals surface area contributed by atoms with Crippen molar-refractivity contribution in [1.29, 1.82) is 0 Å². The molecule has 0 bridgehead atoms. The van der Waals surface area contributed by atoms with E-state index in [4.69, 9.17) is 4.74 Å². The molecule has 3 aromatic rings. The van der Waals surface area contributed by atoms with Gasteiger partial charge in [-0.15, -0.1) is 10.2 Å². The molecule has 0 N–H and O–H groups in total. The Hall–Kier alpha value is -2.20. The van der Waals surface area contributed by atoms with Gasteiger partial charge in [0.05, 0.1) is 17.5 Å². The van der Waals surface area contributed by atoms with Gasteiger partial charge in [0.25, 0.3) is 0 Å². The predicted molar refractivity (Wildman–Crippen MR) is 131 cm³/mol. The number of ether oxygens (including phenoxy) is 1. The normalized spacial score (nSPS) is 16.5. The van der Waals surface area contributed by atoms with E-state index in [1.165, 1.54) is 4.31 Å². The molecule has 176 valence electrons. The van der Waals surface area contributed by atoms with Crippen LogP contribution in [0.5, 0.6) is 0 Å². The van der Waals surface area contributed by atoms with Crippen molar-refractivity contribution in [2.45, 2.75) is 49.4 Å². The highest BCUT2D eigenvalue weighted by atomic mass is 32.2. The molecule has 9 heteroatoms. The van der Waals surface area contributed by atoms with Crippen LogP contribution in [-0.2, 0) is 21.3 Å². The third kappa shape index (κ3) is 5.48. The highest BCUT2D eigenvalue weighted by molar-refractivity contribution is 7.99. The van der Waals surface area contributed by atoms with E-state index < -0.39 is 10.0 Å². The third-order valence-corrected chi connectivity index (χ3v) is 8.90. The lowest BCUT2D eigenvalue weighted by Crippen LogP contribution is -2.30. The Labute approximate surface area is 200 Å². The van der Waals surface area contributed by atoms with E-state index in [1.54, 1.807) is 30.0 Å². The number of benzene rings is 2. The number of hydrogen-bond donors (Lipinski definition) is 0. The molecule has 1 atom stereocenters. The van der Waals surface area contributed by atoms with Gasteiger partial charge in [-0.1, -0.05) is 68.1 Å². The molecule has 7 nitrogen and oxygen atoms in total. The van der Waals surface area contributed by atoms with Crippen molar-refractivity contribution in [2.75, 3.05) is 25.4 Å². The molecule has 1 aliphatic heterocycles. The van der Waals surface area contributed by atoms with Crippen LogP contribution in [0.25, 0.3) is 11.4 Å². The summed E-state index contributed by atoms with van der Waals surface area (Å²) in [7, 11) is -3.56. The van der Waals surface area contributed by atoms with E-state index in [-0.39, 0.29) is 11.0 Å². The first kappa shape index (κ1) is 23.9. The Kier molecular flexibility index (Phi) is 7.85. The van der Waals surface area contributed by atoms with Crippen molar-refractivity contribution >= 4 is 21.8 Å². The van der Waals surface area contributed by atoms with Crippen LogP contribution in [0.4, 0.5) is 0 Å². The zero-order chi connectivity index (χ0) is 23.3. The van der Waals surface area contributed by atoms with Crippen molar-refractivity contribution in [1.82, 2.24) is 19.1 Å². The van der Waals surface area contributed by atoms with Gasteiger partial charge in [0.1, 0.15) is 0 Å². The van der Waals surface area contributed by atoms with Crippen LogP contribution in [0.15, 0.2) is 64.6 Å². The molecular formula is C24H30N4O3S2. The van der Waals surface area contributed by atoms with Gasteiger partial charge < -0.3 is 4.74 Å². The first-order valence-electron chi connectivity index (χ1n) is 11.3. The summed E-state index contributed by atoms with van der Waals surface area (Å²) in [5.74, 6) is 1.48. The second-order valence-corrected chi connectivity index (χ2v) is 10.9. The first-order chi connectivity index (χ1) is 16.0. The number of hydrogen-bond acceptors (Lipinski definition) is 6. The van der Waals surface area contributed by atoms with E-state index in [0.29, 0.717) is 25.5 Å². The Morgan fingerprint density at radius 3 is 2.58 bits per heavy atom. The second kappa shape index (κ2) is 10.8. The van der Waals surface area contributed by atoms with Gasteiger partial charge in [-0.05, 0) is 30.5 Å². The van der Waals surface area contributed by atoms with Gasteiger partial charge in [0.2, 0.25) is 10.0 Å². The lowest BCUT2D eigenvalue weighted by atomic mass is 10.2. The molecule has 0 radical (unpaired) electrons. The van der Waals surface area contributed by atoms with Crippen molar-refractivity contribution < 1.29 is 13.2 Å². The van der Waals surface area contributed by atoms with Gasteiger partial charge in [-0.3, -0.25) is 4.57 Å². The Bertz CT molecular complexity index is 1160. The monoisotopic (exact) mass is 486 g/mol. The number of nitrogens with zero attached hydrogens (tertiary/aromatic N) is 4. The van der Waals surface area contributed by atoms with Crippen LogP contribution >= 0.6 is 11.8 Å². The summed E-state index contributed by atoms with van der Waals surface area (Å²) in [6.07, 6.45) is 2.40. The Morgan fingerprint density at radius 2 is 1.88 bits per heavy atom. The van der Waals surface area contributed by atoms with Crippen LogP contribution in [0.3, 0.4) is 0 Å². The summed E-state index contributed by atoms with van der Waals surface area (Å²) in [6, 6.07) is 17.2. The largest absolute Gasteiger partial charge is 0.377 e. The fraction of sp³-hybridized carbons (Fsp3) is 0.417. The molecule has 1 saturated heterocycles. The smallest absolute Gasteiger partial charge is 0.243 e. The van der Waals surface area contributed by atoms with Crippen molar-refractivity contribution in [3.63, 3.8) is 0 Å². The van der Waals surface area contributed by atoms with Crippen molar-refractivity contribution in [2.24, 2.45) is 0 Å². The molecule has 0 amide bonds. The molecule has 0 saturated carbocycles. The lowest BCUT2D eigenvalue weighted by molar-refractivity contribution is 0.129. The van der Waals surface area contributed by atoms with Crippen LogP contribution in [0, 0.1) is 0 Å². The van der Waals surface area contributed by atoms with Gasteiger partial charge in [0.15, 0.2) is 11.0 Å². The first-order valence-corrected chi connectivity index (χ1v) is 13.8. The summed E-state index contributed by atoms with van der Waals surface area (Å²) in [5, 5.41) is 9.76. The van der Waals surface area contributed by atoms with Crippen molar-refractivity contribution in [3.8, 4) is 11.4 Å². The minimum Gasteiger partial charge on any atom is -0.377 e. The van der Waals surface area contributed by atoms with Crippen LogP contribution in [-0.4, -0.2) is 59.0 Å². The number of rotatable bonds is 10. The van der Waals surface area contributed by atoms with Gasteiger partial charge in [-0.2, -0.15) is 4.31 Å². The predicted octanol–water partition coefficient (Wildman–Crippen LogP) is 4.30. The maximum atomic E-state index is 13.1. The minimum absolute atomic E-state index is 0.239. The zero-order valence-corrected chi connectivity index (χ0v) is 20.7. The standard InChI is InChI=1S/C24H30N4O3S2/c1-3-27(4-2)33(29,30)22-14-8-12-20(16-22)23-25-26-24(32-18-21-13-9-15-31-21)28(23)17-19-10-6-5-7-11-19/h5-8,10-12,14,16,21H,3-4,9,13,15,17-18H2,1-2H3/t21-/m1/s1. The summed E-state index contributed by atoms with van der Waals surface area (Å²) >= 11 is 1.64. The maximum Gasteiger partial charge on any atom is 0.243 e. The van der Waals surface area contributed by atoms with E-state index >= 15 is 0 Å². The fourth-order valence-electron chi connectivity index (χ4n) is 3.97. The molecule has 4 rings (SSSR count). The average Bonchev–Trinajstić information content (AvgIpc) is 3.49. The number of thioether (sulfide) groups is 1. The molecule has 1 aliphatic rings. The van der Waals surface area contributed by atoms with E-state index in [0.717, 1.165) is 41.5 Å². The molecule has 1 aromatic heterocycles. The van der Waals surface area contributed by atoms with E-state index in [9.17, 15) is 8.42 Å². The number of aromatic nitrogens is 3. The minimum atomic E-state index is -3.56. The quantitative estimate of drug-likeness (QED) is 0.398. The SMILES string of the molecule is CCN(CC)S(=O)(=O)c1cccc(-c2nnc(SC[C@H]3CCCO3)n2Cc2ccccc2)c1. The lowest BCUT2D eigenvalue weighted by Gasteiger charge is -2.19. The molecule has 0 unspecified atom stereocenters. The summed E-state index contributed by atoms with van der Waals surface area (Å²) in [5.41, 5.74) is 1.86. The van der Waals surface area contributed by atoms with E-state index in [1.807, 2.05) is 38.1 Å². The van der Waals surface area contributed by atoms with Gasteiger partial charge in [-0.25, -0.2) is 8.42 Å². The van der Waals surface area contributed by atoms with Crippen LogP contribution < -0.4 is 0 Å². The average molecular weight is 487 g/mol.